The molecule has 3 heteroatoms. The van der Waals surface area contributed by atoms with E-state index in [1.54, 1.807) is 7.11 Å². The highest BCUT2D eigenvalue weighted by Gasteiger charge is 2.23. The van der Waals surface area contributed by atoms with Gasteiger partial charge in [-0.1, -0.05) is 12.8 Å². The summed E-state index contributed by atoms with van der Waals surface area (Å²) in [4.78, 5) is 0. The molecule has 1 aromatic carbocycles. The average molecular weight is 220 g/mol. The van der Waals surface area contributed by atoms with E-state index in [0.29, 0.717) is 6.04 Å². The van der Waals surface area contributed by atoms with Crippen LogP contribution in [0.2, 0.25) is 0 Å². The van der Waals surface area contributed by atoms with Gasteiger partial charge in [-0.3, -0.25) is 0 Å². The van der Waals surface area contributed by atoms with E-state index in [1.165, 1.54) is 19.3 Å². The number of nitrogens with one attached hydrogen (secondary N) is 1. The standard InChI is InChI=1S/C13H20N2O/c1-9(7-10-3-4-10)15-13-6-5-11(16-2)8-12(13)14/h5-6,8-10,15H,3-4,7,14H2,1-2H3. The Morgan fingerprint density at radius 2 is 2.25 bits per heavy atom. The van der Waals surface area contributed by atoms with Crippen molar-refractivity contribution >= 4 is 11.4 Å². The molecule has 0 aliphatic heterocycles. The van der Waals surface area contributed by atoms with Gasteiger partial charge in [-0.05, 0) is 31.4 Å². The van der Waals surface area contributed by atoms with E-state index >= 15 is 0 Å². The molecule has 1 atom stereocenters. The number of methoxy groups -OCH3 is 1. The number of anilines is 2. The topological polar surface area (TPSA) is 47.3 Å². The summed E-state index contributed by atoms with van der Waals surface area (Å²) in [7, 11) is 1.65. The predicted octanol–water partition coefficient (Wildman–Crippen LogP) is 2.88. The Hall–Kier alpha value is -1.38. The van der Waals surface area contributed by atoms with Crippen molar-refractivity contribution in [2.45, 2.75) is 32.2 Å². The van der Waals surface area contributed by atoms with E-state index in [4.69, 9.17) is 10.5 Å². The van der Waals surface area contributed by atoms with Gasteiger partial charge >= 0.3 is 0 Å². The number of hydrogen-bond acceptors (Lipinski definition) is 3. The second kappa shape index (κ2) is 4.64. The fourth-order valence-electron chi connectivity index (χ4n) is 1.98. The summed E-state index contributed by atoms with van der Waals surface area (Å²) in [6.45, 7) is 2.21. The molecule has 88 valence electrons. The van der Waals surface area contributed by atoms with Crippen LogP contribution < -0.4 is 15.8 Å². The zero-order chi connectivity index (χ0) is 11.5. The van der Waals surface area contributed by atoms with Crippen LogP contribution in [0.25, 0.3) is 0 Å². The minimum atomic E-state index is 0.489. The third-order valence-corrected chi connectivity index (χ3v) is 3.04. The van der Waals surface area contributed by atoms with Crippen molar-refractivity contribution in [1.82, 2.24) is 0 Å². The monoisotopic (exact) mass is 220 g/mol. The number of rotatable bonds is 5. The van der Waals surface area contributed by atoms with Crippen molar-refractivity contribution in [3.63, 3.8) is 0 Å². The minimum Gasteiger partial charge on any atom is -0.497 e. The Kier molecular flexibility index (Phi) is 3.22. The van der Waals surface area contributed by atoms with Gasteiger partial charge in [-0.15, -0.1) is 0 Å². The molecular formula is C13H20N2O. The Balaban J connectivity index is 1.96. The zero-order valence-corrected chi connectivity index (χ0v) is 9.99. The van der Waals surface area contributed by atoms with E-state index in [0.717, 1.165) is 23.0 Å². The van der Waals surface area contributed by atoms with Gasteiger partial charge in [0.2, 0.25) is 0 Å². The number of nitrogens with two attached hydrogens (primary N) is 1. The summed E-state index contributed by atoms with van der Waals surface area (Å²) >= 11 is 0. The summed E-state index contributed by atoms with van der Waals surface area (Å²) in [5.41, 5.74) is 7.71. The van der Waals surface area contributed by atoms with Crippen LogP contribution in [-0.4, -0.2) is 13.2 Å². The average Bonchev–Trinajstić information content (AvgIpc) is 3.05. The fourth-order valence-corrected chi connectivity index (χ4v) is 1.98. The van der Waals surface area contributed by atoms with E-state index < -0.39 is 0 Å². The van der Waals surface area contributed by atoms with E-state index in [2.05, 4.69) is 12.2 Å². The first-order valence-corrected chi connectivity index (χ1v) is 5.89. The van der Waals surface area contributed by atoms with Crippen LogP contribution in [-0.2, 0) is 0 Å². The Morgan fingerprint density at radius 1 is 1.50 bits per heavy atom. The van der Waals surface area contributed by atoms with Gasteiger partial charge in [0.1, 0.15) is 5.75 Å². The van der Waals surface area contributed by atoms with E-state index in [-0.39, 0.29) is 0 Å². The molecule has 0 spiro atoms. The molecule has 1 fully saturated rings. The first kappa shape index (κ1) is 11.1. The highest BCUT2D eigenvalue weighted by atomic mass is 16.5. The summed E-state index contributed by atoms with van der Waals surface area (Å²) < 4.78 is 5.12. The third-order valence-electron chi connectivity index (χ3n) is 3.04. The van der Waals surface area contributed by atoms with Crippen molar-refractivity contribution in [2.75, 3.05) is 18.2 Å². The maximum Gasteiger partial charge on any atom is 0.121 e. The summed E-state index contributed by atoms with van der Waals surface area (Å²) in [6, 6.07) is 6.26. The van der Waals surface area contributed by atoms with E-state index in [9.17, 15) is 0 Å². The molecule has 0 aromatic heterocycles. The number of hydrogen-bond donors (Lipinski definition) is 2. The molecule has 3 N–H and O–H groups in total. The highest BCUT2D eigenvalue weighted by molar-refractivity contribution is 5.68. The normalized spacial score (nSPS) is 16.9. The maximum atomic E-state index is 5.95. The number of nitrogen functional groups attached to an aromatic ring is 1. The predicted molar refractivity (Wildman–Crippen MR) is 67.8 cm³/mol. The highest BCUT2D eigenvalue weighted by Crippen LogP contribution is 2.34. The Labute approximate surface area is 97.0 Å². The van der Waals surface area contributed by atoms with Crippen LogP contribution in [0.4, 0.5) is 11.4 Å². The molecule has 0 amide bonds. The number of ether oxygens (including phenoxy) is 1. The summed E-state index contributed by atoms with van der Waals surface area (Å²) in [5.74, 6) is 1.74. The van der Waals surface area contributed by atoms with Crippen molar-refractivity contribution < 1.29 is 4.74 Å². The Bertz CT molecular complexity index is 361. The molecule has 16 heavy (non-hydrogen) atoms. The van der Waals surface area contributed by atoms with Crippen molar-refractivity contribution in [1.29, 1.82) is 0 Å². The van der Waals surface area contributed by atoms with Crippen LogP contribution in [0.3, 0.4) is 0 Å². The smallest absolute Gasteiger partial charge is 0.121 e. The molecule has 1 saturated carbocycles. The fraction of sp³-hybridized carbons (Fsp3) is 0.538. The van der Waals surface area contributed by atoms with Crippen LogP contribution in [0.15, 0.2) is 18.2 Å². The molecule has 0 heterocycles. The molecule has 0 bridgehead atoms. The van der Waals surface area contributed by atoms with Crippen molar-refractivity contribution in [3.8, 4) is 5.75 Å². The molecule has 0 saturated heterocycles. The number of benzene rings is 1. The molecule has 1 unspecified atom stereocenters. The third kappa shape index (κ3) is 2.81. The largest absolute Gasteiger partial charge is 0.497 e. The maximum absolute atomic E-state index is 5.95. The summed E-state index contributed by atoms with van der Waals surface area (Å²) in [6.07, 6.45) is 4.03. The molecule has 0 radical (unpaired) electrons. The quantitative estimate of drug-likeness (QED) is 0.750. The Morgan fingerprint density at radius 3 is 2.81 bits per heavy atom. The lowest BCUT2D eigenvalue weighted by Crippen LogP contribution is -2.16. The van der Waals surface area contributed by atoms with Gasteiger partial charge in [-0.2, -0.15) is 0 Å². The summed E-state index contributed by atoms with van der Waals surface area (Å²) in [5, 5.41) is 3.45. The van der Waals surface area contributed by atoms with Gasteiger partial charge in [0.05, 0.1) is 18.5 Å². The van der Waals surface area contributed by atoms with E-state index in [1.807, 2.05) is 18.2 Å². The van der Waals surface area contributed by atoms with Gasteiger partial charge in [0.25, 0.3) is 0 Å². The van der Waals surface area contributed by atoms with Crippen molar-refractivity contribution in [2.24, 2.45) is 5.92 Å². The lowest BCUT2D eigenvalue weighted by atomic mass is 10.1. The van der Waals surface area contributed by atoms with Crippen LogP contribution >= 0.6 is 0 Å². The zero-order valence-electron chi connectivity index (χ0n) is 9.99. The van der Waals surface area contributed by atoms with Crippen LogP contribution in [0.1, 0.15) is 26.2 Å². The van der Waals surface area contributed by atoms with Gasteiger partial charge in [0.15, 0.2) is 0 Å². The van der Waals surface area contributed by atoms with Crippen molar-refractivity contribution in [3.05, 3.63) is 18.2 Å². The molecule has 2 rings (SSSR count). The molecular weight excluding hydrogens is 200 g/mol. The van der Waals surface area contributed by atoms with Crippen LogP contribution in [0.5, 0.6) is 5.75 Å². The van der Waals surface area contributed by atoms with Gasteiger partial charge < -0.3 is 15.8 Å². The SMILES string of the molecule is COc1ccc(NC(C)CC2CC2)c(N)c1. The minimum absolute atomic E-state index is 0.489. The first-order chi connectivity index (χ1) is 7.69. The molecule has 1 aliphatic carbocycles. The molecule has 1 aliphatic rings. The second-order valence-corrected chi connectivity index (χ2v) is 4.68. The lowest BCUT2D eigenvalue weighted by molar-refractivity contribution is 0.415. The lowest BCUT2D eigenvalue weighted by Gasteiger charge is -2.16. The van der Waals surface area contributed by atoms with Gasteiger partial charge in [-0.25, -0.2) is 0 Å². The molecule has 3 nitrogen and oxygen atoms in total. The van der Waals surface area contributed by atoms with Gasteiger partial charge in [0, 0.05) is 12.1 Å². The first-order valence-electron chi connectivity index (χ1n) is 5.89. The molecule has 1 aromatic rings. The second-order valence-electron chi connectivity index (χ2n) is 4.68. The van der Waals surface area contributed by atoms with Crippen LogP contribution in [0, 0.1) is 5.92 Å².